The summed E-state index contributed by atoms with van der Waals surface area (Å²) in [4.78, 5) is 10.1. The largest absolute Gasteiger partial charge is 0.480 e. The first-order chi connectivity index (χ1) is 5.91. The number of aliphatic hydroxyl groups excluding tert-OH is 1. The van der Waals surface area contributed by atoms with Crippen LogP contribution in [0.5, 0.6) is 0 Å². The van der Waals surface area contributed by atoms with Crippen molar-refractivity contribution in [3.8, 4) is 0 Å². The van der Waals surface area contributed by atoms with E-state index in [9.17, 15) is 13.2 Å². The molecule has 7 heteroatoms. The molecule has 3 N–H and O–H groups in total. The van der Waals surface area contributed by atoms with Crippen molar-refractivity contribution < 1.29 is 23.4 Å². The highest BCUT2D eigenvalue weighted by molar-refractivity contribution is 7.90. The van der Waals surface area contributed by atoms with E-state index >= 15 is 0 Å². The molecule has 0 aliphatic carbocycles. The summed E-state index contributed by atoms with van der Waals surface area (Å²) in [6.07, 6.45) is 0.412. The van der Waals surface area contributed by atoms with Gasteiger partial charge in [0.1, 0.15) is 0 Å². The van der Waals surface area contributed by atoms with Crippen LogP contribution in [0.2, 0.25) is 0 Å². The molecule has 0 aromatic rings. The average Bonchev–Trinajstić information content (AvgIpc) is 1.97. The lowest BCUT2D eigenvalue weighted by Gasteiger charge is -2.12. The van der Waals surface area contributed by atoms with Gasteiger partial charge in [-0.05, 0) is 6.42 Å². The number of aliphatic hydroxyl groups is 1. The highest BCUT2D eigenvalue weighted by atomic mass is 32.2. The normalized spacial score (nSPS) is 14.0. The number of carboxylic acids is 1. The van der Waals surface area contributed by atoms with Gasteiger partial charge in [0.15, 0.2) is 5.75 Å². The summed E-state index contributed by atoms with van der Waals surface area (Å²) >= 11 is 0. The lowest BCUT2D eigenvalue weighted by molar-refractivity contribution is -0.134. The summed E-state index contributed by atoms with van der Waals surface area (Å²) < 4.78 is 24.0. The maximum absolute atomic E-state index is 11.0. The second kappa shape index (κ2) is 5.15. The molecule has 6 nitrogen and oxygen atoms in total. The predicted molar refractivity (Wildman–Crippen MR) is 45.7 cm³/mol. The minimum absolute atomic E-state index is 0.338. The number of hydrogen-bond donors (Lipinski definition) is 3. The number of aliphatic carboxylic acids is 1. The Morgan fingerprint density at radius 3 is 2.38 bits per heavy atom. The second-order valence-corrected chi connectivity index (χ2v) is 4.31. The molecule has 0 aromatic heterocycles. The van der Waals surface area contributed by atoms with Gasteiger partial charge in [0, 0.05) is 6.04 Å². The van der Waals surface area contributed by atoms with Crippen LogP contribution in [0.3, 0.4) is 0 Å². The molecule has 0 aliphatic rings. The van der Waals surface area contributed by atoms with E-state index in [1.54, 1.807) is 6.92 Å². The van der Waals surface area contributed by atoms with E-state index in [2.05, 4.69) is 4.72 Å². The monoisotopic (exact) mass is 211 g/mol. The van der Waals surface area contributed by atoms with Gasteiger partial charge in [0.2, 0.25) is 10.0 Å². The Balaban J connectivity index is 4.24. The second-order valence-electron chi connectivity index (χ2n) is 2.56. The molecular weight excluding hydrogens is 198 g/mol. The molecule has 78 valence electrons. The lowest BCUT2D eigenvalue weighted by atomic mass is 10.3. The van der Waals surface area contributed by atoms with Crippen molar-refractivity contribution in [3.63, 3.8) is 0 Å². The van der Waals surface area contributed by atoms with Crippen LogP contribution in [0.15, 0.2) is 0 Å². The van der Waals surface area contributed by atoms with Crippen LogP contribution in [0, 0.1) is 0 Å². The number of hydrogen-bond acceptors (Lipinski definition) is 4. The number of carboxylic acid groups (broad SMARTS) is 1. The smallest absolute Gasteiger partial charge is 0.320 e. The van der Waals surface area contributed by atoms with E-state index < -0.39 is 27.8 Å². The first kappa shape index (κ1) is 12.3. The molecule has 0 rings (SSSR count). The molecule has 0 aliphatic heterocycles. The first-order valence-corrected chi connectivity index (χ1v) is 5.39. The molecule has 1 atom stereocenters. The molecule has 0 saturated heterocycles. The Kier molecular flexibility index (Phi) is 4.89. The van der Waals surface area contributed by atoms with E-state index in [1.807, 2.05) is 0 Å². The molecule has 0 amide bonds. The Hall–Kier alpha value is -0.660. The molecule has 0 heterocycles. The lowest BCUT2D eigenvalue weighted by Crippen LogP contribution is -2.39. The summed E-state index contributed by atoms with van der Waals surface area (Å²) in [7, 11) is -3.81. The zero-order chi connectivity index (χ0) is 10.5. The Morgan fingerprint density at radius 1 is 1.54 bits per heavy atom. The van der Waals surface area contributed by atoms with E-state index in [0.717, 1.165) is 0 Å². The summed E-state index contributed by atoms with van der Waals surface area (Å²) in [5.74, 6) is -2.39. The number of carbonyl (C=O) groups is 1. The van der Waals surface area contributed by atoms with Crippen molar-refractivity contribution in [2.24, 2.45) is 0 Å². The minimum atomic E-state index is -3.81. The average molecular weight is 211 g/mol. The van der Waals surface area contributed by atoms with Crippen LogP contribution in [0.4, 0.5) is 0 Å². The van der Waals surface area contributed by atoms with Crippen molar-refractivity contribution in [3.05, 3.63) is 0 Å². The highest BCUT2D eigenvalue weighted by Gasteiger charge is 2.18. The first-order valence-electron chi connectivity index (χ1n) is 3.74. The van der Waals surface area contributed by atoms with Crippen molar-refractivity contribution in [1.29, 1.82) is 0 Å². The summed E-state index contributed by atoms with van der Waals surface area (Å²) in [5, 5.41) is 16.9. The molecule has 0 unspecified atom stereocenters. The van der Waals surface area contributed by atoms with Crippen LogP contribution < -0.4 is 4.72 Å². The van der Waals surface area contributed by atoms with Crippen LogP contribution in [-0.4, -0.2) is 43.0 Å². The van der Waals surface area contributed by atoms with Crippen LogP contribution >= 0.6 is 0 Å². The van der Waals surface area contributed by atoms with E-state index in [1.165, 1.54) is 0 Å². The highest BCUT2D eigenvalue weighted by Crippen LogP contribution is 1.93. The van der Waals surface area contributed by atoms with E-state index in [-0.39, 0.29) is 6.61 Å². The van der Waals surface area contributed by atoms with Crippen molar-refractivity contribution in [2.45, 2.75) is 19.4 Å². The van der Waals surface area contributed by atoms with Gasteiger partial charge in [0.05, 0.1) is 6.61 Å². The number of nitrogens with one attached hydrogen (secondary N) is 1. The maximum atomic E-state index is 11.0. The van der Waals surface area contributed by atoms with Crippen molar-refractivity contribution >= 4 is 16.0 Å². The molecule has 0 fully saturated rings. The maximum Gasteiger partial charge on any atom is 0.320 e. The van der Waals surface area contributed by atoms with Gasteiger partial charge >= 0.3 is 5.97 Å². The fourth-order valence-electron chi connectivity index (χ4n) is 0.708. The van der Waals surface area contributed by atoms with Gasteiger partial charge < -0.3 is 10.2 Å². The Bertz CT molecular complexity index is 256. The van der Waals surface area contributed by atoms with Crippen molar-refractivity contribution in [2.75, 3.05) is 12.4 Å². The van der Waals surface area contributed by atoms with Gasteiger partial charge in [-0.2, -0.15) is 0 Å². The predicted octanol–water partition coefficient (Wildman–Crippen LogP) is -1.24. The van der Waals surface area contributed by atoms with Gasteiger partial charge in [0.25, 0.3) is 0 Å². The topological polar surface area (TPSA) is 104 Å². The van der Waals surface area contributed by atoms with Gasteiger partial charge in [-0.3, -0.25) is 4.79 Å². The molecule has 0 saturated carbocycles. The molecule has 0 bridgehead atoms. The molecule has 0 spiro atoms. The Labute approximate surface area is 76.6 Å². The Morgan fingerprint density at radius 2 is 2.08 bits per heavy atom. The standard InChI is InChI=1S/C6H13NO5S/c1-2-5(3-8)7-13(11,12)4-6(9)10/h5,7-8H,2-4H2,1H3,(H,9,10)/t5-/m0/s1. The SMILES string of the molecule is CC[C@@H](CO)NS(=O)(=O)CC(=O)O. The van der Waals surface area contributed by atoms with Crippen LogP contribution in [0.25, 0.3) is 0 Å². The zero-order valence-corrected chi connectivity index (χ0v) is 8.04. The molecule has 13 heavy (non-hydrogen) atoms. The van der Waals surface area contributed by atoms with Gasteiger partial charge in [-0.25, -0.2) is 13.1 Å². The van der Waals surface area contributed by atoms with Crippen molar-refractivity contribution in [1.82, 2.24) is 4.72 Å². The van der Waals surface area contributed by atoms with Crippen LogP contribution in [0.1, 0.15) is 13.3 Å². The third kappa shape index (κ3) is 5.56. The quantitative estimate of drug-likeness (QED) is 0.510. The zero-order valence-electron chi connectivity index (χ0n) is 7.23. The summed E-state index contributed by atoms with van der Waals surface area (Å²) in [5.41, 5.74) is 0. The number of sulfonamides is 1. The van der Waals surface area contributed by atoms with E-state index in [0.29, 0.717) is 6.42 Å². The van der Waals surface area contributed by atoms with Gasteiger partial charge in [-0.1, -0.05) is 6.92 Å². The fraction of sp³-hybridized carbons (Fsp3) is 0.833. The van der Waals surface area contributed by atoms with E-state index in [4.69, 9.17) is 10.2 Å². The molecule has 0 radical (unpaired) electrons. The molecule has 0 aromatic carbocycles. The third-order valence-corrected chi connectivity index (χ3v) is 2.69. The van der Waals surface area contributed by atoms with Crippen LogP contribution in [-0.2, 0) is 14.8 Å². The van der Waals surface area contributed by atoms with Gasteiger partial charge in [-0.15, -0.1) is 0 Å². The summed E-state index contributed by atoms with van der Waals surface area (Å²) in [6, 6.07) is -0.607. The third-order valence-electron chi connectivity index (χ3n) is 1.37. The summed E-state index contributed by atoms with van der Waals surface area (Å²) in [6.45, 7) is 1.35. The minimum Gasteiger partial charge on any atom is -0.480 e. The fourth-order valence-corrected chi connectivity index (χ4v) is 1.87. The molecular formula is C6H13NO5S. The number of rotatable bonds is 6.